The summed E-state index contributed by atoms with van der Waals surface area (Å²) in [5, 5.41) is 0. The number of hydrogen-bond donors (Lipinski definition) is 1. The summed E-state index contributed by atoms with van der Waals surface area (Å²) in [6, 6.07) is 7.88. The van der Waals surface area contributed by atoms with Gasteiger partial charge in [0.1, 0.15) is 5.75 Å². The van der Waals surface area contributed by atoms with Gasteiger partial charge in [0, 0.05) is 18.8 Å². The molecular formula is C12H15N3O. The van der Waals surface area contributed by atoms with Crippen LogP contribution >= 0.6 is 0 Å². The molecular weight excluding hydrogens is 202 g/mol. The highest BCUT2D eigenvalue weighted by Gasteiger charge is 2.03. The van der Waals surface area contributed by atoms with Gasteiger partial charge in [0.25, 0.3) is 0 Å². The number of hydrogen-bond acceptors (Lipinski definition) is 3. The van der Waals surface area contributed by atoms with Crippen LogP contribution in [0.1, 0.15) is 12.6 Å². The third-order valence-electron chi connectivity index (χ3n) is 2.33. The van der Waals surface area contributed by atoms with Gasteiger partial charge in [-0.3, -0.25) is 0 Å². The normalized spacial score (nSPS) is 10.4. The average Bonchev–Trinajstić information content (AvgIpc) is 2.78. The van der Waals surface area contributed by atoms with Crippen molar-refractivity contribution in [3.63, 3.8) is 0 Å². The molecule has 0 bridgehead atoms. The Morgan fingerprint density at radius 3 is 3.06 bits per heavy atom. The Morgan fingerprint density at radius 1 is 1.44 bits per heavy atom. The molecule has 4 nitrogen and oxygen atoms in total. The van der Waals surface area contributed by atoms with Crippen LogP contribution in [0.2, 0.25) is 0 Å². The first-order valence-electron chi connectivity index (χ1n) is 5.29. The fraction of sp³-hybridized carbons (Fsp3) is 0.250. The second-order valence-corrected chi connectivity index (χ2v) is 3.39. The van der Waals surface area contributed by atoms with Gasteiger partial charge >= 0.3 is 0 Å². The smallest absolute Gasteiger partial charge is 0.121 e. The Bertz CT molecular complexity index is 465. The molecule has 84 valence electrons. The molecule has 16 heavy (non-hydrogen) atoms. The molecule has 0 amide bonds. The van der Waals surface area contributed by atoms with Crippen LogP contribution in [0.3, 0.4) is 0 Å². The first kappa shape index (κ1) is 10.7. The second-order valence-electron chi connectivity index (χ2n) is 3.39. The van der Waals surface area contributed by atoms with Crippen LogP contribution in [0.5, 0.6) is 5.75 Å². The molecule has 0 aliphatic carbocycles. The lowest BCUT2D eigenvalue weighted by Crippen LogP contribution is -2.04. The Balaban J connectivity index is 2.36. The van der Waals surface area contributed by atoms with Crippen molar-refractivity contribution < 1.29 is 4.74 Å². The van der Waals surface area contributed by atoms with Crippen LogP contribution in [0.4, 0.5) is 0 Å². The van der Waals surface area contributed by atoms with Crippen LogP contribution < -0.4 is 10.5 Å². The molecule has 0 unspecified atom stereocenters. The first-order valence-corrected chi connectivity index (χ1v) is 5.29. The van der Waals surface area contributed by atoms with Crippen molar-refractivity contribution in [3.05, 3.63) is 42.5 Å². The largest absolute Gasteiger partial charge is 0.494 e. The van der Waals surface area contributed by atoms with Gasteiger partial charge in [-0.1, -0.05) is 6.07 Å². The Labute approximate surface area is 94.7 Å². The second kappa shape index (κ2) is 4.81. The number of aromatic nitrogens is 2. The molecule has 2 aromatic rings. The molecule has 2 rings (SSSR count). The van der Waals surface area contributed by atoms with E-state index in [4.69, 9.17) is 10.5 Å². The minimum atomic E-state index is 0.471. The lowest BCUT2D eigenvalue weighted by Gasteiger charge is -2.09. The third kappa shape index (κ3) is 2.06. The lowest BCUT2D eigenvalue weighted by molar-refractivity contribution is 0.340. The number of benzene rings is 1. The predicted molar refractivity (Wildman–Crippen MR) is 62.6 cm³/mol. The maximum Gasteiger partial charge on any atom is 0.121 e. The average molecular weight is 217 g/mol. The van der Waals surface area contributed by atoms with E-state index in [9.17, 15) is 0 Å². The molecule has 2 N–H and O–H groups in total. The van der Waals surface area contributed by atoms with Gasteiger partial charge in [-0.15, -0.1) is 0 Å². The van der Waals surface area contributed by atoms with Crippen molar-refractivity contribution in [3.8, 4) is 11.4 Å². The maximum atomic E-state index is 5.64. The van der Waals surface area contributed by atoms with E-state index in [0.29, 0.717) is 13.2 Å². The zero-order valence-corrected chi connectivity index (χ0v) is 9.26. The van der Waals surface area contributed by atoms with Gasteiger partial charge in [-0.25, -0.2) is 4.98 Å². The van der Waals surface area contributed by atoms with E-state index in [2.05, 4.69) is 4.98 Å². The van der Waals surface area contributed by atoms with Crippen molar-refractivity contribution in [2.24, 2.45) is 5.73 Å². The summed E-state index contributed by atoms with van der Waals surface area (Å²) in [5.41, 5.74) is 7.63. The van der Waals surface area contributed by atoms with E-state index in [1.54, 1.807) is 12.5 Å². The quantitative estimate of drug-likeness (QED) is 0.848. The molecule has 4 heteroatoms. The van der Waals surface area contributed by atoms with Gasteiger partial charge in [0.2, 0.25) is 0 Å². The summed E-state index contributed by atoms with van der Waals surface area (Å²) in [6.45, 7) is 3.10. The monoisotopic (exact) mass is 217 g/mol. The Kier molecular flexibility index (Phi) is 3.22. The molecule has 0 aliphatic rings. The highest BCUT2D eigenvalue weighted by atomic mass is 16.5. The molecule has 0 atom stereocenters. The summed E-state index contributed by atoms with van der Waals surface area (Å²) in [7, 11) is 0. The maximum absolute atomic E-state index is 5.64. The third-order valence-corrected chi connectivity index (χ3v) is 2.33. The van der Waals surface area contributed by atoms with Crippen LogP contribution in [0.15, 0.2) is 36.8 Å². The highest BCUT2D eigenvalue weighted by molar-refractivity contribution is 5.40. The van der Waals surface area contributed by atoms with E-state index in [0.717, 1.165) is 17.1 Å². The van der Waals surface area contributed by atoms with E-state index < -0.39 is 0 Å². The minimum Gasteiger partial charge on any atom is -0.494 e. The van der Waals surface area contributed by atoms with E-state index in [1.165, 1.54) is 0 Å². The fourth-order valence-corrected chi connectivity index (χ4v) is 1.60. The van der Waals surface area contributed by atoms with Crippen LogP contribution in [-0.2, 0) is 6.54 Å². The van der Waals surface area contributed by atoms with Gasteiger partial charge in [0.15, 0.2) is 0 Å². The van der Waals surface area contributed by atoms with E-state index in [1.807, 2.05) is 35.8 Å². The van der Waals surface area contributed by atoms with Crippen LogP contribution in [0, 0.1) is 0 Å². The number of nitrogens with zero attached hydrogens (tertiary/aromatic N) is 2. The number of ether oxygens (including phenoxy) is 1. The number of imidazole rings is 1. The molecule has 0 radical (unpaired) electrons. The van der Waals surface area contributed by atoms with Crippen molar-refractivity contribution >= 4 is 0 Å². The zero-order valence-electron chi connectivity index (χ0n) is 9.26. The van der Waals surface area contributed by atoms with Crippen molar-refractivity contribution in [1.29, 1.82) is 0 Å². The Hall–Kier alpha value is -1.81. The zero-order chi connectivity index (χ0) is 11.4. The van der Waals surface area contributed by atoms with Crippen molar-refractivity contribution in [2.75, 3.05) is 6.61 Å². The summed E-state index contributed by atoms with van der Waals surface area (Å²) in [6.07, 6.45) is 3.53. The van der Waals surface area contributed by atoms with Crippen molar-refractivity contribution in [2.45, 2.75) is 13.5 Å². The van der Waals surface area contributed by atoms with E-state index in [-0.39, 0.29) is 0 Å². The SMILES string of the molecule is CCOc1cccc(-n2cncc2CN)c1. The fourth-order valence-electron chi connectivity index (χ4n) is 1.60. The van der Waals surface area contributed by atoms with Gasteiger partial charge in [0.05, 0.1) is 24.3 Å². The van der Waals surface area contributed by atoms with E-state index >= 15 is 0 Å². The Morgan fingerprint density at radius 2 is 2.31 bits per heavy atom. The minimum absolute atomic E-state index is 0.471. The molecule has 1 aromatic carbocycles. The molecule has 0 aliphatic heterocycles. The summed E-state index contributed by atoms with van der Waals surface area (Å²) in [4.78, 5) is 4.09. The molecule has 1 heterocycles. The molecule has 0 spiro atoms. The number of rotatable bonds is 4. The van der Waals surface area contributed by atoms with Crippen LogP contribution in [-0.4, -0.2) is 16.2 Å². The lowest BCUT2D eigenvalue weighted by atomic mass is 10.3. The highest BCUT2D eigenvalue weighted by Crippen LogP contribution is 2.18. The standard InChI is InChI=1S/C12H15N3O/c1-2-16-12-5-3-4-10(6-12)15-9-14-8-11(15)7-13/h3-6,8-9H,2,7,13H2,1H3. The summed E-state index contributed by atoms with van der Waals surface area (Å²) in [5.74, 6) is 0.858. The predicted octanol–water partition coefficient (Wildman–Crippen LogP) is 1.73. The van der Waals surface area contributed by atoms with Gasteiger partial charge < -0.3 is 15.0 Å². The van der Waals surface area contributed by atoms with Gasteiger partial charge in [-0.2, -0.15) is 0 Å². The van der Waals surface area contributed by atoms with Crippen LogP contribution in [0.25, 0.3) is 5.69 Å². The topological polar surface area (TPSA) is 53.1 Å². The summed E-state index contributed by atoms with van der Waals surface area (Å²) < 4.78 is 7.41. The van der Waals surface area contributed by atoms with Gasteiger partial charge in [-0.05, 0) is 19.1 Å². The summed E-state index contributed by atoms with van der Waals surface area (Å²) >= 11 is 0. The molecule has 0 fully saturated rings. The molecule has 0 saturated carbocycles. The first-order chi connectivity index (χ1) is 7.85. The number of nitrogens with two attached hydrogens (primary N) is 1. The molecule has 1 aromatic heterocycles. The molecule has 0 saturated heterocycles. The van der Waals surface area contributed by atoms with Crippen molar-refractivity contribution in [1.82, 2.24) is 9.55 Å².